The van der Waals surface area contributed by atoms with E-state index in [0.717, 1.165) is 5.56 Å². The molecule has 122 valence electrons. The molecule has 0 aliphatic carbocycles. The van der Waals surface area contributed by atoms with Gasteiger partial charge in [0.15, 0.2) is 4.32 Å². The van der Waals surface area contributed by atoms with E-state index in [1.807, 2.05) is 0 Å². The lowest BCUT2D eigenvalue weighted by molar-refractivity contribution is -0.113. The molecule has 3 nitrogen and oxygen atoms in total. The second kappa shape index (κ2) is 6.93. The number of amides is 1. The van der Waals surface area contributed by atoms with Crippen molar-refractivity contribution in [3.05, 3.63) is 63.8 Å². The topological polar surface area (TPSA) is 29.5 Å². The number of thiocarbonyl (C=S) groups is 1. The monoisotopic (exact) mass is 379 g/mol. The average Bonchev–Trinajstić information content (AvgIpc) is 2.83. The Balaban J connectivity index is 1.91. The molecular formula is C17H11ClFNO2S2. The summed E-state index contributed by atoms with van der Waals surface area (Å²) in [7, 11) is 1.52. The molecule has 24 heavy (non-hydrogen) atoms. The van der Waals surface area contributed by atoms with E-state index in [2.05, 4.69) is 0 Å². The van der Waals surface area contributed by atoms with E-state index in [9.17, 15) is 9.18 Å². The zero-order valence-electron chi connectivity index (χ0n) is 12.5. The first kappa shape index (κ1) is 17.0. The zero-order chi connectivity index (χ0) is 17.3. The van der Waals surface area contributed by atoms with Crippen LogP contribution in [0.3, 0.4) is 0 Å². The molecule has 0 aromatic heterocycles. The first-order valence-corrected chi connectivity index (χ1v) is 8.47. The average molecular weight is 380 g/mol. The highest BCUT2D eigenvalue weighted by Gasteiger charge is 2.33. The standard InChI is InChI=1S/C17H11ClFNO2S2/c1-22-14-7-6-12(9-13(14)18)20-16(21)15(24-17(20)23)8-10-2-4-11(19)5-3-10/h2-9H,1H3. The van der Waals surface area contributed by atoms with Crippen LogP contribution in [0.25, 0.3) is 6.08 Å². The summed E-state index contributed by atoms with van der Waals surface area (Å²) in [4.78, 5) is 14.5. The summed E-state index contributed by atoms with van der Waals surface area (Å²) in [5.41, 5.74) is 1.30. The largest absolute Gasteiger partial charge is 0.495 e. The van der Waals surface area contributed by atoms with Crippen molar-refractivity contribution < 1.29 is 13.9 Å². The Morgan fingerprint density at radius 2 is 1.96 bits per heavy atom. The Hall–Kier alpha value is -1.89. The molecule has 0 spiro atoms. The smallest absolute Gasteiger partial charge is 0.270 e. The first-order valence-electron chi connectivity index (χ1n) is 6.86. The minimum Gasteiger partial charge on any atom is -0.495 e. The highest BCUT2D eigenvalue weighted by atomic mass is 35.5. The number of methoxy groups -OCH3 is 1. The molecule has 0 radical (unpaired) electrons. The molecule has 2 aromatic rings. The van der Waals surface area contributed by atoms with Gasteiger partial charge in [-0.25, -0.2) is 4.39 Å². The molecule has 1 heterocycles. The minimum atomic E-state index is -0.326. The van der Waals surface area contributed by atoms with E-state index in [1.165, 1.54) is 35.9 Å². The van der Waals surface area contributed by atoms with E-state index in [-0.39, 0.29) is 11.7 Å². The second-order valence-corrected chi connectivity index (χ2v) is 6.97. The number of hydrogen-bond donors (Lipinski definition) is 0. The van der Waals surface area contributed by atoms with Crippen molar-refractivity contribution in [3.8, 4) is 5.75 Å². The lowest BCUT2D eigenvalue weighted by atomic mass is 10.2. The predicted octanol–water partition coefficient (Wildman–Crippen LogP) is 4.89. The van der Waals surface area contributed by atoms with Gasteiger partial charge >= 0.3 is 0 Å². The van der Waals surface area contributed by atoms with Gasteiger partial charge in [-0.15, -0.1) is 0 Å². The van der Waals surface area contributed by atoms with Crippen LogP contribution in [0.2, 0.25) is 5.02 Å². The van der Waals surface area contributed by atoms with Gasteiger partial charge in [-0.1, -0.05) is 47.7 Å². The maximum absolute atomic E-state index is 13.0. The molecule has 0 atom stereocenters. The van der Waals surface area contributed by atoms with Gasteiger partial charge < -0.3 is 4.74 Å². The fourth-order valence-corrected chi connectivity index (χ4v) is 3.75. The van der Waals surface area contributed by atoms with Crippen LogP contribution in [0.4, 0.5) is 10.1 Å². The number of carbonyl (C=O) groups excluding carboxylic acids is 1. The molecule has 0 saturated carbocycles. The second-order valence-electron chi connectivity index (χ2n) is 4.89. The molecule has 1 aliphatic rings. The SMILES string of the molecule is COc1ccc(N2C(=O)C(=Cc3ccc(F)cc3)SC2=S)cc1Cl. The minimum absolute atomic E-state index is 0.240. The molecule has 0 unspecified atom stereocenters. The summed E-state index contributed by atoms with van der Waals surface area (Å²) < 4.78 is 18.5. The summed E-state index contributed by atoms with van der Waals surface area (Å²) in [5, 5.41) is 0.395. The van der Waals surface area contributed by atoms with Gasteiger partial charge in [-0.3, -0.25) is 9.69 Å². The van der Waals surface area contributed by atoms with Crippen LogP contribution >= 0.6 is 35.6 Å². The Morgan fingerprint density at radius 1 is 1.25 bits per heavy atom. The van der Waals surface area contributed by atoms with Crippen LogP contribution in [0.1, 0.15) is 5.56 Å². The number of nitrogens with zero attached hydrogens (tertiary/aromatic N) is 1. The normalized spacial score (nSPS) is 16.1. The third-order valence-corrected chi connectivity index (χ3v) is 4.95. The van der Waals surface area contributed by atoms with Crippen molar-refractivity contribution in [2.75, 3.05) is 12.0 Å². The maximum Gasteiger partial charge on any atom is 0.270 e. The summed E-state index contributed by atoms with van der Waals surface area (Å²) in [6.45, 7) is 0. The van der Waals surface area contributed by atoms with Crippen LogP contribution in [0.15, 0.2) is 47.4 Å². The van der Waals surface area contributed by atoms with Crippen molar-refractivity contribution >= 4 is 57.6 Å². The Morgan fingerprint density at radius 3 is 2.58 bits per heavy atom. The van der Waals surface area contributed by atoms with Crippen LogP contribution < -0.4 is 9.64 Å². The van der Waals surface area contributed by atoms with Gasteiger partial charge in [-0.05, 0) is 42.0 Å². The van der Waals surface area contributed by atoms with Crippen molar-refractivity contribution in [1.29, 1.82) is 0 Å². The number of hydrogen-bond acceptors (Lipinski definition) is 4. The van der Waals surface area contributed by atoms with E-state index in [1.54, 1.807) is 36.4 Å². The molecule has 2 aromatic carbocycles. The van der Waals surface area contributed by atoms with Crippen LogP contribution in [0, 0.1) is 5.82 Å². The third kappa shape index (κ3) is 3.31. The lowest BCUT2D eigenvalue weighted by Crippen LogP contribution is -2.27. The van der Waals surface area contributed by atoms with Gasteiger partial charge in [0.05, 0.1) is 22.7 Å². The Kier molecular flexibility index (Phi) is 4.89. The molecule has 3 rings (SSSR count). The molecular weight excluding hydrogens is 369 g/mol. The van der Waals surface area contributed by atoms with Gasteiger partial charge in [0.25, 0.3) is 5.91 Å². The number of anilines is 1. The van der Waals surface area contributed by atoms with Gasteiger partial charge in [0, 0.05) is 0 Å². The van der Waals surface area contributed by atoms with Crippen molar-refractivity contribution in [2.24, 2.45) is 0 Å². The predicted molar refractivity (Wildman–Crippen MR) is 100 cm³/mol. The van der Waals surface area contributed by atoms with Crippen LogP contribution in [-0.4, -0.2) is 17.3 Å². The van der Waals surface area contributed by atoms with Crippen LogP contribution in [0.5, 0.6) is 5.75 Å². The molecule has 1 amide bonds. The fraction of sp³-hybridized carbons (Fsp3) is 0.0588. The fourth-order valence-electron chi connectivity index (χ4n) is 2.20. The maximum atomic E-state index is 13.0. The molecule has 1 fully saturated rings. The van der Waals surface area contributed by atoms with Crippen molar-refractivity contribution in [2.45, 2.75) is 0 Å². The summed E-state index contributed by atoms with van der Waals surface area (Å²) in [6.07, 6.45) is 1.68. The zero-order valence-corrected chi connectivity index (χ0v) is 14.8. The Bertz CT molecular complexity index is 852. The third-order valence-electron chi connectivity index (χ3n) is 3.36. The van der Waals surface area contributed by atoms with Crippen LogP contribution in [-0.2, 0) is 4.79 Å². The lowest BCUT2D eigenvalue weighted by Gasteiger charge is -2.15. The van der Waals surface area contributed by atoms with Gasteiger partial charge in [-0.2, -0.15) is 0 Å². The van der Waals surface area contributed by atoms with E-state index >= 15 is 0 Å². The number of thioether (sulfide) groups is 1. The summed E-state index contributed by atoms with van der Waals surface area (Å²) >= 11 is 12.6. The number of ether oxygens (including phenoxy) is 1. The molecule has 0 N–H and O–H groups in total. The quantitative estimate of drug-likeness (QED) is 0.560. The molecule has 1 aliphatic heterocycles. The number of benzene rings is 2. The van der Waals surface area contributed by atoms with Gasteiger partial charge in [0.2, 0.25) is 0 Å². The number of rotatable bonds is 3. The molecule has 7 heteroatoms. The highest BCUT2D eigenvalue weighted by Crippen LogP contribution is 2.38. The highest BCUT2D eigenvalue weighted by molar-refractivity contribution is 8.27. The molecule has 1 saturated heterocycles. The number of halogens is 2. The van der Waals surface area contributed by atoms with Crippen molar-refractivity contribution in [1.82, 2.24) is 0 Å². The Labute approximate surface area is 153 Å². The summed E-state index contributed by atoms with van der Waals surface area (Å²) in [6, 6.07) is 10.9. The molecule has 0 bridgehead atoms. The van der Waals surface area contributed by atoms with Gasteiger partial charge in [0.1, 0.15) is 11.6 Å². The van der Waals surface area contributed by atoms with E-state index in [0.29, 0.717) is 25.7 Å². The van der Waals surface area contributed by atoms with Crippen molar-refractivity contribution in [3.63, 3.8) is 0 Å². The van der Waals surface area contributed by atoms with E-state index in [4.69, 9.17) is 28.6 Å². The summed E-state index contributed by atoms with van der Waals surface area (Å²) in [5.74, 6) is -0.0455. The number of carbonyl (C=O) groups is 1. The van der Waals surface area contributed by atoms with E-state index < -0.39 is 0 Å². The first-order chi connectivity index (χ1) is 11.5.